The lowest BCUT2D eigenvalue weighted by atomic mass is 9.84. The first-order valence-corrected chi connectivity index (χ1v) is 8.17. The van der Waals surface area contributed by atoms with Crippen LogP contribution in [0, 0.1) is 30.9 Å². The molecule has 1 aliphatic heterocycles. The van der Waals surface area contributed by atoms with E-state index in [9.17, 15) is 14.8 Å². The maximum absolute atomic E-state index is 12.6. The molecule has 1 aromatic heterocycles. The van der Waals surface area contributed by atoms with Gasteiger partial charge in [0.25, 0.3) is 11.6 Å². The molecule has 134 valence electrons. The van der Waals surface area contributed by atoms with Gasteiger partial charge in [-0.1, -0.05) is 13.8 Å². The van der Waals surface area contributed by atoms with Crippen molar-refractivity contribution in [3.05, 3.63) is 22.4 Å². The first kappa shape index (κ1) is 18.3. The van der Waals surface area contributed by atoms with Gasteiger partial charge in [0, 0.05) is 27.7 Å². The predicted octanol–water partition coefficient (Wildman–Crippen LogP) is 1.86. The smallest absolute Gasteiger partial charge is 0.324 e. The van der Waals surface area contributed by atoms with E-state index in [-0.39, 0.29) is 5.92 Å². The number of ether oxygens (including phenoxy) is 2. The van der Waals surface area contributed by atoms with Crippen LogP contribution in [0.25, 0.3) is 0 Å². The second-order valence-corrected chi connectivity index (χ2v) is 7.34. The number of hydrogen-bond donors (Lipinski definition) is 0. The number of nitrogens with zero attached hydrogens (tertiary/aromatic N) is 2. The number of aromatic nitrogens is 2. The van der Waals surface area contributed by atoms with E-state index in [1.807, 2.05) is 20.8 Å². The van der Waals surface area contributed by atoms with Crippen LogP contribution in [0.2, 0.25) is 0 Å². The summed E-state index contributed by atoms with van der Waals surface area (Å²) in [6, 6.07) is 0. The highest BCUT2D eigenvalue weighted by Crippen LogP contribution is 2.36. The number of rotatable bonds is 4. The minimum Gasteiger partial charge on any atom is -0.711 e. The van der Waals surface area contributed by atoms with E-state index in [4.69, 9.17) is 9.47 Å². The topological polar surface area (TPSA) is 84.5 Å². The molecule has 1 aliphatic rings. The summed E-state index contributed by atoms with van der Waals surface area (Å²) < 4.78 is 13.1. The molecule has 1 atom stereocenters. The fourth-order valence-corrected chi connectivity index (χ4v) is 3.22. The largest absolute Gasteiger partial charge is 0.711 e. The molecule has 0 aliphatic carbocycles. The van der Waals surface area contributed by atoms with E-state index in [2.05, 4.69) is 0 Å². The molecule has 0 bridgehead atoms. The van der Waals surface area contributed by atoms with Crippen molar-refractivity contribution in [2.24, 2.45) is 18.9 Å². The summed E-state index contributed by atoms with van der Waals surface area (Å²) in [5.41, 5.74) is 1.35. The van der Waals surface area contributed by atoms with Crippen molar-refractivity contribution in [1.82, 2.24) is 4.57 Å². The quantitative estimate of drug-likeness (QED) is 0.362. The predicted molar refractivity (Wildman–Crippen MR) is 85.8 cm³/mol. The van der Waals surface area contributed by atoms with Crippen LogP contribution in [-0.4, -0.2) is 22.3 Å². The fraction of sp³-hybridized carbons (Fsp3) is 0.706. The zero-order chi connectivity index (χ0) is 18.4. The van der Waals surface area contributed by atoms with Gasteiger partial charge >= 0.3 is 11.9 Å². The van der Waals surface area contributed by atoms with Gasteiger partial charge in [0.05, 0.1) is 13.0 Å². The molecule has 24 heavy (non-hydrogen) atoms. The highest BCUT2D eigenvalue weighted by Gasteiger charge is 2.50. The Bertz CT molecular complexity index is 630. The Kier molecular flexibility index (Phi) is 4.65. The average Bonchev–Trinajstić information content (AvgIpc) is 2.59. The fourth-order valence-electron chi connectivity index (χ4n) is 3.22. The molecule has 0 saturated carbocycles. The second kappa shape index (κ2) is 6.11. The molecule has 2 rings (SSSR count). The van der Waals surface area contributed by atoms with Crippen molar-refractivity contribution in [3.63, 3.8) is 0 Å². The average molecular weight is 338 g/mol. The van der Waals surface area contributed by atoms with Gasteiger partial charge in [-0.3, -0.25) is 9.59 Å². The van der Waals surface area contributed by atoms with Crippen LogP contribution < -0.4 is 4.73 Å². The summed E-state index contributed by atoms with van der Waals surface area (Å²) in [6.45, 7) is 10.5. The summed E-state index contributed by atoms with van der Waals surface area (Å²) in [4.78, 5) is 25.0. The standard InChI is InChI=1S/C17H26N2O5/c1-9(2)8-12(14-18(7)10(3)11(4)19(14)22)13-15(20)23-17(5,6)24-16(13)21/h9,12-13H,8H2,1-7H3. The first-order chi connectivity index (χ1) is 11.0. The Morgan fingerprint density at radius 2 is 1.71 bits per heavy atom. The minimum atomic E-state index is -1.28. The lowest BCUT2D eigenvalue weighted by Gasteiger charge is -2.35. The van der Waals surface area contributed by atoms with Crippen LogP contribution >= 0.6 is 0 Å². The zero-order valence-corrected chi connectivity index (χ0v) is 15.4. The maximum Gasteiger partial charge on any atom is 0.324 e. The Balaban J connectivity index is 2.53. The lowest BCUT2D eigenvalue weighted by molar-refractivity contribution is -0.622. The normalized spacial score (nSPS) is 19.3. The van der Waals surface area contributed by atoms with E-state index in [1.54, 1.807) is 18.5 Å². The number of cyclic esters (lactones) is 2. The molecule has 7 nitrogen and oxygen atoms in total. The van der Waals surface area contributed by atoms with Gasteiger partial charge < -0.3 is 14.7 Å². The molecule has 0 radical (unpaired) electrons. The number of imidazole rings is 1. The summed E-state index contributed by atoms with van der Waals surface area (Å²) in [5.74, 6) is -3.72. The Hall–Kier alpha value is -2.05. The van der Waals surface area contributed by atoms with Crippen molar-refractivity contribution < 1.29 is 23.8 Å². The van der Waals surface area contributed by atoms with Gasteiger partial charge in [-0.2, -0.15) is 0 Å². The Labute approximate surface area is 142 Å². The number of carbonyl (C=O) groups excluding carboxylic acids is 2. The summed E-state index contributed by atoms with van der Waals surface area (Å²) >= 11 is 0. The Morgan fingerprint density at radius 3 is 2.08 bits per heavy atom. The van der Waals surface area contributed by atoms with Crippen molar-refractivity contribution in [1.29, 1.82) is 0 Å². The molecule has 0 amide bonds. The summed E-state index contributed by atoms with van der Waals surface area (Å²) in [7, 11) is 1.77. The van der Waals surface area contributed by atoms with E-state index in [1.165, 1.54) is 13.8 Å². The van der Waals surface area contributed by atoms with Crippen LogP contribution in [0.1, 0.15) is 57.2 Å². The van der Waals surface area contributed by atoms with Crippen molar-refractivity contribution in [2.75, 3.05) is 0 Å². The molecule has 1 saturated heterocycles. The van der Waals surface area contributed by atoms with E-state index in [0.717, 1.165) is 10.4 Å². The molecule has 0 aromatic carbocycles. The van der Waals surface area contributed by atoms with Crippen LogP contribution in [0.3, 0.4) is 0 Å². The van der Waals surface area contributed by atoms with Gasteiger partial charge in [-0.05, 0) is 12.3 Å². The number of hydrogen-bond acceptors (Lipinski definition) is 5. The van der Waals surface area contributed by atoms with Gasteiger partial charge in [0.15, 0.2) is 5.92 Å². The van der Waals surface area contributed by atoms with Crippen molar-refractivity contribution in [2.45, 2.75) is 59.7 Å². The molecule has 0 spiro atoms. The summed E-state index contributed by atoms with van der Waals surface area (Å²) in [5, 5.41) is 12.6. The molecular formula is C17H26N2O5. The SMILES string of the molecule is Cc1c(C)[n+]([O-])c(C(CC(C)C)C2C(=O)OC(C)(C)OC2=O)n1C. The zero-order valence-electron chi connectivity index (χ0n) is 15.4. The van der Waals surface area contributed by atoms with Gasteiger partial charge in [0.1, 0.15) is 11.4 Å². The minimum absolute atomic E-state index is 0.182. The van der Waals surface area contributed by atoms with Crippen molar-refractivity contribution in [3.8, 4) is 0 Å². The van der Waals surface area contributed by atoms with Crippen LogP contribution in [-0.2, 0) is 26.1 Å². The molecule has 1 unspecified atom stereocenters. The van der Waals surface area contributed by atoms with Gasteiger partial charge in [-0.25, -0.2) is 9.30 Å². The lowest BCUT2D eigenvalue weighted by Crippen LogP contribution is -2.50. The third kappa shape index (κ3) is 3.12. The molecule has 2 heterocycles. The first-order valence-electron chi connectivity index (χ1n) is 8.17. The highest BCUT2D eigenvalue weighted by molar-refractivity contribution is 5.97. The second-order valence-electron chi connectivity index (χ2n) is 7.34. The van der Waals surface area contributed by atoms with E-state index >= 15 is 0 Å². The Morgan fingerprint density at radius 1 is 1.21 bits per heavy atom. The monoisotopic (exact) mass is 338 g/mol. The molecule has 1 fully saturated rings. The van der Waals surface area contributed by atoms with Crippen LogP contribution in [0.5, 0.6) is 0 Å². The van der Waals surface area contributed by atoms with Gasteiger partial charge in [0.2, 0.25) is 0 Å². The third-order valence-corrected chi connectivity index (χ3v) is 4.54. The van der Waals surface area contributed by atoms with Crippen LogP contribution in [0.4, 0.5) is 0 Å². The number of carbonyl (C=O) groups is 2. The van der Waals surface area contributed by atoms with Crippen LogP contribution in [0.15, 0.2) is 0 Å². The van der Waals surface area contributed by atoms with Gasteiger partial charge in [-0.15, -0.1) is 0 Å². The molecule has 7 heteroatoms. The van der Waals surface area contributed by atoms with Crippen molar-refractivity contribution >= 4 is 11.9 Å². The molecular weight excluding hydrogens is 312 g/mol. The highest BCUT2D eigenvalue weighted by atomic mass is 16.7. The number of esters is 2. The van der Waals surface area contributed by atoms with E-state index < -0.39 is 29.6 Å². The van der Waals surface area contributed by atoms with E-state index in [0.29, 0.717) is 17.9 Å². The maximum atomic E-state index is 12.6. The molecule has 0 N–H and O–H groups in total. The third-order valence-electron chi connectivity index (χ3n) is 4.54. The molecule has 1 aromatic rings. The summed E-state index contributed by atoms with van der Waals surface area (Å²) in [6.07, 6.45) is 0.494.